The highest BCUT2D eigenvalue weighted by atomic mass is 16.3. The number of furan rings is 1. The number of aromatic nitrogens is 2. The van der Waals surface area contributed by atoms with Gasteiger partial charge in [-0.25, -0.2) is 4.68 Å². The molecule has 5 rings (SSSR count). The lowest BCUT2D eigenvalue weighted by molar-refractivity contribution is 0.102. The second-order valence-corrected chi connectivity index (χ2v) is 6.93. The van der Waals surface area contributed by atoms with E-state index in [9.17, 15) is 4.79 Å². The second kappa shape index (κ2) is 7.68. The Morgan fingerprint density at radius 3 is 2.33 bits per heavy atom. The maximum Gasteiger partial charge on any atom is 0.221 e. The summed E-state index contributed by atoms with van der Waals surface area (Å²) in [5.74, 6) is 0.141. The van der Waals surface area contributed by atoms with Crippen LogP contribution in [-0.2, 0) is 0 Å². The van der Waals surface area contributed by atoms with Crippen LogP contribution >= 0.6 is 0 Å². The van der Waals surface area contributed by atoms with Crippen molar-refractivity contribution in [1.82, 2.24) is 9.78 Å². The third-order valence-electron chi connectivity index (χ3n) is 4.89. The van der Waals surface area contributed by atoms with Crippen molar-refractivity contribution in [2.45, 2.75) is 0 Å². The number of para-hydroxylation sites is 2. The number of ketones is 1. The molecule has 0 amide bonds. The average molecular weight is 390 g/mol. The van der Waals surface area contributed by atoms with Crippen molar-refractivity contribution in [2.24, 2.45) is 0 Å². The number of hydrogen-bond donors (Lipinski definition) is 0. The van der Waals surface area contributed by atoms with E-state index in [4.69, 9.17) is 9.52 Å². The summed E-state index contributed by atoms with van der Waals surface area (Å²) in [5.41, 5.74) is 4.32. The van der Waals surface area contributed by atoms with Gasteiger partial charge in [0.15, 0.2) is 5.76 Å². The van der Waals surface area contributed by atoms with Gasteiger partial charge in [0, 0.05) is 22.7 Å². The van der Waals surface area contributed by atoms with Gasteiger partial charge in [-0.15, -0.1) is 0 Å². The van der Waals surface area contributed by atoms with Crippen molar-refractivity contribution in [1.29, 1.82) is 0 Å². The molecule has 2 aromatic heterocycles. The minimum Gasteiger partial charge on any atom is -0.453 e. The molecule has 0 atom stereocenters. The molecule has 0 saturated carbocycles. The molecule has 0 radical (unpaired) electrons. The van der Waals surface area contributed by atoms with Gasteiger partial charge < -0.3 is 4.42 Å². The number of carbonyl (C=O) groups excluding carboxylic acids is 1. The van der Waals surface area contributed by atoms with Crippen molar-refractivity contribution < 1.29 is 9.21 Å². The van der Waals surface area contributed by atoms with Crippen LogP contribution in [0.3, 0.4) is 0 Å². The quantitative estimate of drug-likeness (QED) is 0.266. The molecule has 2 heterocycles. The summed E-state index contributed by atoms with van der Waals surface area (Å²) in [6, 6.07) is 29.2. The molecular formula is C26H18N2O2. The fourth-order valence-corrected chi connectivity index (χ4v) is 3.39. The highest BCUT2D eigenvalue weighted by molar-refractivity contribution is 6.07. The fourth-order valence-electron chi connectivity index (χ4n) is 3.39. The van der Waals surface area contributed by atoms with Gasteiger partial charge in [0.1, 0.15) is 5.58 Å². The molecule has 0 aliphatic rings. The number of allylic oxidation sites excluding steroid dienone is 1. The SMILES string of the molecule is O=C(C=Cc1cn(-c2ccccc2)nc1-c1ccccc1)c1cc2ccccc2o1. The molecule has 4 nitrogen and oxygen atoms in total. The van der Waals surface area contributed by atoms with Crippen molar-refractivity contribution in [3.8, 4) is 16.9 Å². The van der Waals surface area contributed by atoms with Crippen LogP contribution in [-0.4, -0.2) is 15.6 Å². The fraction of sp³-hybridized carbons (Fsp3) is 0. The zero-order chi connectivity index (χ0) is 20.3. The summed E-state index contributed by atoms with van der Waals surface area (Å²) in [7, 11) is 0. The molecule has 0 N–H and O–H groups in total. The number of hydrogen-bond acceptors (Lipinski definition) is 3. The van der Waals surface area contributed by atoms with E-state index in [1.807, 2.05) is 95.8 Å². The Hall–Kier alpha value is -4.18. The van der Waals surface area contributed by atoms with Gasteiger partial charge >= 0.3 is 0 Å². The van der Waals surface area contributed by atoms with E-state index < -0.39 is 0 Å². The van der Waals surface area contributed by atoms with Gasteiger partial charge in [-0.2, -0.15) is 5.10 Å². The number of carbonyl (C=O) groups is 1. The minimum absolute atomic E-state index is 0.183. The molecule has 0 fully saturated rings. The number of rotatable bonds is 5. The Kier molecular flexibility index (Phi) is 4.58. The summed E-state index contributed by atoms with van der Waals surface area (Å²) < 4.78 is 7.51. The Morgan fingerprint density at radius 1 is 0.867 bits per heavy atom. The van der Waals surface area contributed by atoms with Gasteiger partial charge in [0.2, 0.25) is 5.78 Å². The minimum atomic E-state index is -0.183. The summed E-state index contributed by atoms with van der Waals surface area (Å²) in [4.78, 5) is 12.7. The lowest BCUT2D eigenvalue weighted by Crippen LogP contribution is -1.93. The Bertz CT molecular complexity index is 1310. The molecule has 0 spiro atoms. The van der Waals surface area contributed by atoms with Crippen LogP contribution in [0.1, 0.15) is 16.1 Å². The lowest BCUT2D eigenvalue weighted by Gasteiger charge is -2.00. The first-order valence-electron chi connectivity index (χ1n) is 9.69. The Labute approximate surface area is 173 Å². The highest BCUT2D eigenvalue weighted by Gasteiger charge is 2.13. The highest BCUT2D eigenvalue weighted by Crippen LogP contribution is 2.25. The van der Waals surface area contributed by atoms with Crippen LogP contribution in [0.2, 0.25) is 0 Å². The molecule has 0 aliphatic heterocycles. The molecule has 30 heavy (non-hydrogen) atoms. The molecule has 3 aromatic carbocycles. The first-order chi connectivity index (χ1) is 14.8. The van der Waals surface area contributed by atoms with E-state index in [0.717, 1.165) is 27.9 Å². The summed E-state index contributed by atoms with van der Waals surface area (Å²) in [5, 5.41) is 5.68. The van der Waals surface area contributed by atoms with Gasteiger partial charge in [-0.3, -0.25) is 4.79 Å². The maximum atomic E-state index is 12.7. The maximum absolute atomic E-state index is 12.7. The molecule has 144 valence electrons. The predicted octanol–water partition coefficient (Wildman–Crippen LogP) is 6.18. The summed E-state index contributed by atoms with van der Waals surface area (Å²) in [6.07, 6.45) is 5.26. The van der Waals surface area contributed by atoms with E-state index in [1.165, 1.54) is 6.08 Å². The van der Waals surface area contributed by atoms with Crippen molar-refractivity contribution >= 4 is 22.8 Å². The van der Waals surface area contributed by atoms with E-state index in [-0.39, 0.29) is 5.78 Å². The van der Waals surface area contributed by atoms with Crippen molar-refractivity contribution in [3.63, 3.8) is 0 Å². The molecular weight excluding hydrogens is 372 g/mol. The van der Waals surface area contributed by atoms with Gasteiger partial charge in [-0.05, 0) is 36.4 Å². The molecule has 0 aliphatic carbocycles. The first kappa shape index (κ1) is 17.9. The predicted molar refractivity (Wildman–Crippen MR) is 119 cm³/mol. The van der Waals surface area contributed by atoms with Crippen LogP contribution in [0.4, 0.5) is 0 Å². The van der Waals surface area contributed by atoms with E-state index in [2.05, 4.69) is 0 Å². The number of benzene rings is 3. The van der Waals surface area contributed by atoms with E-state index in [1.54, 1.807) is 12.1 Å². The first-order valence-corrected chi connectivity index (χ1v) is 9.69. The molecule has 5 aromatic rings. The topological polar surface area (TPSA) is 48.0 Å². The Morgan fingerprint density at radius 2 is 1.57 bits per heavy atom. The summed E-state index contributed by atoms with van der Waals surface area (Å²) >= 11 is 0. The number of nitrogens with zero attached hydrogens (tertiary/aromatic N) is 2. The second-order valence-electron chi connectivity index (χ2n) is 6.93. The van der Waals surface area contributed by atoms with Crippen LogP contribution in [0.5, 0.6) is 0 Å². The van der Waals surface area contributed by atoms with E-state index in [0.29, 0.717) is 11.3 Å². The normalized spacial score (nSPS) is 11.3. The third kappa shape index (κ3) is 3.47. The molecule has 0 saturated heterocycles. The smallest absolute Gasteiger partial charge is 0.221 e. The van der Waals surface area contributed by atoms with Crippen molar-refractivity contribution in [3.05, 3.63) is 115 Å². The Balaban J connectivity index is 1.52. The van der Waals surface area contributed by atoms with Crippen LogP contribution in [0.25, 0.3) is 34.0 Å². The van der Waals surface area contributed by atoms with Gasteiger partial charge in [0.25, 0.3) is 0 Å². The monoisotopic (exact) mass is 390 g/mol. The average Bonchev–Trinajstić information content (AvgIpc) is 3.43. The standard InChI is InChI=1S/C26H18N2O2/c29-23(25-17-20-11-7-8-14-24(20)30-25)16-15-21-18-28(22-12-5-2-6-13-22)27-26(21)19-9-3-1-4-10-19/h1-18H. The van der Waals surface area contributed by atoms with Crippen LogP contribution in [0.15, 0.2) is 108 Å². The van der Waals surface area contributed by atoms with Crippen LogP contribution < -0.4 is 0 Å². The van der Waals surface area contributed by atoms with Gasteiger partial charge in [0.05, 0.1) is 11.4 Å². The lowest BCUT2D eigenvalue weighted by atomic mass is 10.1. The zero-order valence-electron chi connectivity index (χ0n) is 16.1. The van der Waals surface area contributed by atoms with Crippen molar-refractivity contribution in [2.75, 3.05) is 0 Å². The van der Waals surface area contributed by atoms with E-state index >= 15 is 0 Å². The molecule has 0 bridgehead atoms. The zero-order valence-corrected chi connectivity index (χ0v) is 16.1. The molecule has 4 heteroatoms. The third-order valence-corrected chi connectivity index (χ3v) is 4.89. The summed E-state index contributed by atoms with van der Waals surface area (Å²) in [6.45, 7) is 0. The van der Waals surface area contributed by atoms with Gasteiger partial charge in [-0.1, -0.05) is 66.7 Å². The van der Waals surface area contributed by atoms with Crippen LogP contribution in [0, 0.1) is 0 Å². The number of fused-ring (bicyclic) bond motifs is 1. The largest absolute Gasteiger partial charge is 0.453 e. The molecule has 0 unspecified atom stereocenters.